The second-order valence-electron chi connectivity index (χ2n) is 4.49. The maximum atomic E-state index is 12.1. The monoisotopic (exact) mass is 300 g/mol. The Hall–Kier alpha value is -2.94. The van der Waals surface area contributed by atoms with Crippen LogP contribution in [0.5, 0.6) is 0 Å². The number of carbonyl (C=O) groups excluding carboxylic acids is 3. The highest BCUT2D eigenvalue weighted by Crippen LogP contribution is 2.15. The summed E-state index contributed by atoms with van der Waals surface area (Å²) in [6, 6.07) is 7.52. The Morgan fingerprint density at radius 2 is 1.91 bits per heavy atom. The number of rotatable bonds is 6. The van der Waals surface area contributed by atoms with Crippen molar-refractivity contribution in [1.29, 1.82) is 5.26 Å². The van der Waals surface area contributed by atoms with Crippen molar-refractivity contribution in [3.63, 3.8) is 0 Å². The molecule has 0 fully saturated rings. The van der Waals surface area contributed by atoms with Crippen molar-refractivity contribution in [3.8, 4) is 6.07 Å². The summed E-state index contributed by atoms with van der Waals surface area (Å²) in [6.45, 7) is 6.77. The van der Waals surface area contributed by atoms with E-state index in [-0.39, 0.29) is 18.1 Å². The van der Waals surface area contributed by atoms with Crippen LogP contribution in [0.25, 0.3) is 0 Å². The third kappa shape index (κ3) is 4.28. The van der Waals surface area contributed by atoms with Gasteiger partial charge in [-0.05, 0) is 38.1 Å². The first-order chi connectivity index (χ1) is 10.4. The Balaban J connectivity index is 2.87. The highest BCUT2D eigenvalue weighted by atomic mass is 16.5. The van der Waals surface area contributed by atoms with E-state index in [0.29, 0.717) is 11.3 Å². The fraction of sp³-hybridized carbons (Fsp3) is 0.250. The number of amides is 1. The van der Waals surface area contributed by atoms with Gasteiger partial charge >= 0.3 is 5.97 Å². The summed E-state index contributed by atoms with van der Waals surface area (Å²) in [5.74, 6) is -3.33. The number of carbonyl (C=O) groups is 3. The molecule has 0 aliphatic rings. The van der Waals surface area contributed by atoms with E-state index < -0.39 is 17.7 Å². The minimum atomic E-state index is -1.49. The minimum Gasteiger partial charge on any atom is -0.465 e. The van der Waals surface area contributed by atoms with Crippen LogP contribution in [0.15, 0.2) is 36.4 Å². The van der Waals surface area contributed by atoms with Crippen molar-refractivity contribution in [2.75, 3.05) is 11.9 Å². The number of hydrogen-bond acceptors (Lipinski definition) is 5. The Labute approximate surface area is 128 Å². The molecule has 1 aromatic rings. The van der Waals surface area contributed by atoms with Gasteiger partial charge in [0.25, 0.3) is 5.91 Å². The molecule has 0 aromatic heterocycles. The summed E-state index contributed by atoms with van der Waals surface area (Å²) in [6.07, 6.45) is 0. The van der Waals surface area contributed by atoms with E-state index in [2.05, 4.69) is 11.9 Å². The van der Waals surface area contributed by atoms with Crippen molar-refractivity contribution in [1.82, 2.24) is 0 Å². The smallest absolute Gasteiger partial charge is 0.331 e. The summed E-state index contributed by atoms with van der Waals surface area (Å²) < 4.78 is 4.69. The van der Waals surface area contributed by atoms with E-state index in [1.807, 2.05) is 0 Å². The zero-order chi connectivity index (χ0) is 16.7. The Morgan fingerprint density at radius 3 is 2.36 bits per heavy atom. The summed E-state index contributed by atoms with van der Waals surface area (Å²) >= 11 is 0. The average Bonchev–Trinajstić information content (AvgIpc) is 2.48. The molecule has 0 aliphatic carbocycles. The first-order valence-electron chi connectivity index (χ1n) is 6.58. The van der Waals surface area contributed by atoms with Crippen molar-refractivity contribution in [2.45, 2.75) is 13.8 Å². The van der Waals surface area contributed by atoms with Gasteiger partial charge in [-0.15, -0.1) is 0 Å². The predicted octanol–water partition coefficient (Wildman–Crippen LogP) is 2.09. The first-order valence-corrected chi connectivity index (χ1v) is 6.58. The molecule has 6 nitrogen and oxygen atoms in total. The van der Waals surface area contributed by atoms with Crippen molar-refractivity contribution in [3.05, 3.63) is 42.0 Å². The number of ketones is 1. The van der Waals surface area contributed by atoms with Gasteiger partial charge in [0.2, 0.25) is 5.92 Å². The van der Waals surface area contributed by atoms with Gasteiger partial charge in [0, 0.05) is 16.8 Å². The normalized spacial score (nSPS) is 11.0. The number of esters is 1. The molecule has 1 aromatic carbocycles. The lowest BCUT2D eigenvalue weighted by molar-refractivity contribution is -0.144. The van der Waals surface area contributed by atoms with Crippen LogP contribution in [-0.2, 0) is 14.3 Å². The molecule has 1 N–H and O–H groups in total. The molecule has 22 heavy (non-hydrogen) atoms. The van der Waals surface area contributed by atoms with E-state index in [1.54, 1.807) is 19.9 Å². The van der Waals surface area contributed by atoms with Crippen LogP contribution >= 0.6 is 0 Å². The molecule has 0 heterocycles. The number of Topliss-reactive ketones (excluding diaryl/α,β-unsaturated/α-hetero) is 1. The Bertz CT molecular complexity index is 641. The lowest BCUT2D eigenvalue weighted by atomic mass is 9.99. The highest BCUT2D eigenvalue weighted by molar-refractivity contribution is 6.11. The van der Waals surface area contributed by atoms with Gasteiger partial charge < -0.3 is 10.1 Å². The Kier molecular flexibility index (Phi) is 6.02. The van der Waals surface area contributed by atoms with Gasteiger partial charge in [0.1, 0.15) is 0 Å². The molecule has 1 atom stereocenters. The zero-order valence-corrected chi connectivity index (χ0v) is 12.4. The van der Waals surface area contributed by atoms with E-state index in [9.17, 15) is 14.4 Å². The average molecular weight is 300 g/mol. The van der Waals surface area contributed by atoms with E-state index in [0.717, 1.165) is 0 Å². The van der Waals surface area contributed by atoms with E-state index in [1.165, 1.54) is 24.3 Å². The van der Waals surface area contributed by atoms with Crippen LogP contribution in [0.4, 0.5) is 5.69 Å². The topological polar surface area (TPSA) is 96.3 Å². The number of ether oxygens (including phenoxy) is 1. The summed E-state index contributed by atoms with van der Waals surface area (Å²) in [5, 5.41) is 11.5. The molecule has 1 amide bonds. The molecule has 1 rings (SSSR count). The van der Waals surface area contributed by atoms with Crippen LogP contribution < -0.4 is 5.32 Å². The number of nitrogens with one attached hydrogen (secondary N) is 1. The van der Waals surface area contributed by atoms with Crippen molar-refractivity contribution in [2.24, 2.45) is 5.92 Å². The van der Waals surface area contributed by atoms with E-state index >= 15 is 0 Å². The molecule has 0 radical (unpaired) electrons. The molecular formula is C16H16N2O4. The van der Waals surface area contributed by atoms with Crippen molar-refractivity contribution < 1.29 is 19.1 Å². The lowest BCUT2D eigenvalue weighted by Gasteiger charge is -2.09. The molecule has 6 heteroatoms. The fourth-order valence-electron chi connectivity index (χ4n) is 1.57. The van der Waals surface area contributed by atoms with Crippen molar-refractivity contribution >= 4 is 23.3 Å². The summed E-state index contributed by atoms with van der Waals surface area (Å²) in [5.41, 5.74) is 1.02. The third-order valence-corrected chi connectivity index (χ3v) is 2.73. The van der Waals surface area contributed by atoms with Gasteiger partial charge in [-0.3, -0.25) is 14.4 Å². The quantitative estimate of drug-likeness (QED) is 0.375. The molecule has 0 saturated heterocycles. The maximum Gasteiger partial charge on any atom is 0.331 e. The third-order valence-electron chi connectivity index (χ3n) is 2.73. The summed E-state index contributed by atoms with van der Waals surface area (Å²) in [7, 11) is 0. The van der Waals surface area contributed by atoms with Gasteiger partial charge in [-0.25, -0.2) is 0 Å². The molecular weight excluding hydrogens is 284 g/mol. The fourth-order valence-corrected chi connectivity index (χ4v) is 1.57. The molecule has 0 saturated carbocycles. The number of nitriles is 1. The lowest BCUT2D eigenvalue weighted by Crippen LogP contribution is -2.25. The molecule has 1 unspecified atom stereocenters. The number of nitrogens with zero attached hydrogens (tertiary/aromatic N) is 1. The Morgan fingerprint density at radius 1 is 1.32 bits per heavy atom. The first kappa shape index (κ1) is 17.1. The van der Waals surface area contributed by atoms with Gasteiger partial charge in [0.05, 0.1) is 12.7 Å². The molecule has 0 spiro atoms. The highest BCUT2D eigenvalue weighted by Gasteiger charge is 2.28. The second kappa shape index (κ2) is 7.74. The van der Waals surface area contributed by atoms with Crippen LogP contribution in [0.1, 0.15) is 24.2 Å². The largest absolute Gasteiger partial charge is 0.465 e. The maximum absolute atomic E-state index is 12.1. The predicted molar refractivity (Wildman–Crippen MR) is 80.0 cm³/mol. The molecule has 0 bridgehead atoms. The standard InChI is InChI=1S/C16H16N2O4/c1-4-22-16(21)13(9-17)14(19)11-5-7-12(8-6-11)18-15(20)10(2)3/h5-8,13H,2,4H2,1,3H3,(H,18,20). The van der Waals surface area contributed by atoms with Gasteiger partial charge in [-0.1, -0.05) is 6.58 Å². The summed E-state index contributed by atoms with van der Waals surface area (Å²) in [4.78, 5) is 35.1. The van der Waals surface area contributed by atoms with Crippen LogP contribution in [0.3, 0.4) is 0 Å². The number of anilines is 1. The molecule has 0 aliphatic heterocycles. The minimum absolute atomic E-state index is 0.0934. The van der Waals surface area contributed by atoms with Crippen LogP contribution in [0, 0.1) is 17.2 Å². The van der Waals surface area contributed by atoms with Gasteiger partial charge in [0.15, 0.2) is 5.78 Å². The SMILES string of the molecule is C=C(C)C(=O)Nc1ccc(C(=O)C(C#N)C(=O)OCC)cc1. The van der Waals surface area contributed by atoms with Crippen LogP contribution in [0.2, 0.25) is 0 Å². The number of hydrogen-bond donors (Lipinski definition) is 1. The van der Waals surface area contributed by atoms with E-state index in [4.69, 9.17) is 10.00 Å². The van der Waals surface area contributed by atoms with Crippen LogP contribution in [-0.4, -0.2) is 24.3 Å². The zero-order valence-electron chi connectivity index (χ0n) is 12.4. The van der Waals surface area contributed by atoms with Gasteiger partial charge in [-0.2, -0.15) is 5.26 Å². The number of benzene rings is 1. The molecule has 114 valence electrons. The second-order valence-corrected chi connectivity index (χ2v) is 4.49.